The lowest BCUT2D eigenvalue weighted by atomic mass is 9.93. The number of quaternary nitrogens is 1. The van der Waals surface area contributed by atoms with Crippen LogP contribution in [0.5, 0.6) is 17.2 Å². The number of carboxylic acids is 1. The lowest BCUT2D eigenvalue weighted by Gasteiger charge is -2.22. The van der Waals surface area contributed by atoms with Crippen molar-refractivity contribution in [3.63, 3.8) is 0 Å². The maximum absolute atomic E-state index is 13.3. The Morgan fingerprint density at radius 3 is 2.40 bits per heavy atom. The number of halogens is 1. The summed E-state index contributed by atoms with van der Waals surface area (Å²) < 4.78 is 30.9. The average molecular weight is 569 g/mol. The van der Waals surface area contributed by atoms with Gasteiger partial charge in [0.25, 0.3) is 0 Å². The van der Waals surface area contributed by atoms with Crippen molar-refractivity contribution in [1.29, 1.82) is 0 Å². The van der Waals surface area contributed by atoms with Crippen molar-refractivity contribution in [3.05, 3.63) is 125 Å². The molecule has 1 aromatic heterocycles. The molecule has 0 saturated carbocycles. The minimum atomic E-state index is -1.08. The first kappa shape index (κ1) is 28.7. The van der Waals surface area contributed by atoms with Crippen LogP contribution in [0.25, 0.3) is 10.9 Å². The molecule has 3 N–H and O–H groups in total. The predicted molar refractivity (Wildman–Crippen MR) is 156 cm³/mol. The van der Waals surface area contributed by atoms with Crippen molar-refractivity contribution < 1.29 is 33.8 Å². The van der Waals surface area contributed by atoms with Crippen molar-refractivity contribution in [3.8, 4) is 17.2 Å². The van der Waals surface area contributed by atoms with Gasteiger partial charge < -0.3 is 34.4 Å². The van der Waals surface area contributed by atoms with Gasteiger partial charge in [0.2, 0.25) is 0 Å². The Bertz CT molecular complexity index is 1650. The Morgan fingerprint density at radius 2 is 1.67 bits per heavy atom. The Hall–Kier alpha value is -4.82. The Morgan fingerprint density at radius 1 is 0.952 bits per heavy atom. The van der Waals surface area contributed by atoms with Crippen molar-refractivity contribution in [2.24, 2.45) is 0 Å². The predicted octanol–water partition coefficient (Wildman–Crippen LogP) is 4.44. The van der Waals surface area contributed by atoms with Crippen LogP contribution in [0.4, 0.5) is 4.39 Å². The van der Waals surface area contributed by atoms with E-state index in [4.69, 9.17) is 24.1 Å². The van der Waals surface area contributed by atoms with Gasteiger partial charge in [-0.1, -0.05) is 30.3 Å². The SMILES string of the molecule is CC(=O)[O-].COc1ccc(C2[NH2+]CCc3c2[nH]c2ccc(OCc4ccccc4)cc32)cc1COc1ccc(F)cc1. The van der Waals surface area contributed by atoms with Gasteiger partial charge in [-0.3, -0.25) is 0 Å². The summed E-state index contributed by atoms with van der Waals surface area (Å²) in [5, 5.41) is 12.5. The normalized spacial score (nSPS) is 13.9. The number of nitrogens with one attached hydrogen (secondary N) is 1. The highest BCUT2D eigenvalue weighted by Crippen LogP contribution is 2.34. The van der Waals surface area contributed by atoms with Gasteiger partial charge in [0.15, 0.2) is 6.04 Å². The van der Waals surface area contributed by atoms with Gasteiger partial charge in [0.05, 0.1) is 19.3 Å². The summed E-state index contributed by atoms with van der Waals surface area (Å²) in [7, 11) is 1.66. The minimum Gasteiger partial charge on any atom is -0.550 e. The number of aromatic nitrogens is 1. The van der Waals surface area contributed by atoms with Crippen LogP contribution < -0.4 is 24.6 Å². The van der Waals surface area contributed by atoms with Gasteiger partial charge >= 0.3 is 0 Å². The van der Waals surface area contributed by atoms with E-state index in [9.17, 15) is 4.39 Å². The lowest BCUT2D eigenvalue weighted by Crippen LogP contribution is -2.87. The highest BCUT2D eigenvalue weighted by Gasteiger charge is 2.29. The molecule has 1 aliphatic rings. The first-order chi connectivity index (χ1) is 20.4. The molecule has 42 heavy (non-hydrogen) atoms. The molecule has 0 fully saturated rings. The molecule has 7 nitrogen and oxygen atoms in total. The summed E-state index contributed by atoms with van der Waals surface area (Å²) in [4.78, 5) is 12.6. The van der Waals surface area contributed by atoms with Crippen LogP contribution in [0, 0.1) is 5.82 Å². The summed E-state index contributed by atoms with van der Waals surface area (Å²) >= 11 is 0. The van der Waals surface area contributed by atoms with Crippen molar-refractivity contribution in [2.75, 3.05) is 13.7 Å². The standard InChI is InChI=1S/C32H29FN2O3.C2H4O2/c1-36-30-14-7-22(17-23(30)20-38-25-10-8-24(33)9-11-25)31-32-27(15-16-34-31)28-18-26(12-13-29(28)35-32)37-19-21-5-3-2-4-6-21;1-2(3)4/h2-14,17-18,31,34-35H,15-16,19-20H2,1H3;1H3,(H,3,4). The van der Waals surface area contributed by atoms with E-state index in [2.05, 4.69) is 46.7 Å². The molecule has 4 aromatic carbocycles. The molecule has 6 rings (SSSR count). The highest BCUT2D eigenvalue weighted by atomic mass is 19.1. The topological polar surface area (TPSA) is 100 Å². The Balaban J connectivity index is 0.000000830. The number of carbonyl (C=O) groups excluding carboxylic acids is 1. The zero-order valence-electron chi connectivity index (χ0n) is 23.6. The van der Waals surface area contributed by atoms with Crippen LogP contribution in [0.15, 0.2) is 91.0 Å². The number of carboxylic acid groups (broad SMARTS) is 1. The molecular weight excluding hydrogens is 535 g/mol. The number of rotatable bonds is 8. The summed E-state index contributed by atoms with van der Waals surface area (Å²) in [6.45, 7) is 2.84. The van der Waals surface area contributed by atoms with Crippen LogP contribution in [-0.4, -0.2) is 24.6 Å². The van der Waals surface area contributed by atoms with Crippen molar-refractivity contribution in [1.82, 2.24) is 4.98 Å². The second-order valence-electron chi connectivity index (χ2n) is 10.1. The molecular formula is C34H33FN2O5. The molecule has 0 spiro atoms. The average Bonchev–Trinajstić information content (AvgIpc) is 3.38. The molecule has 5 aromatic rings. The van der Waals surface area contributed by atoms with Crippen LogP contribution in [-0.2, 0) is 24.4 Å². The fourth-order valence-electron chi connectivity index (χ4n) is 5.22. The number of hydrogen-bond donors (Lipinski definition) is 2. The molecule has 0 aliphatic carbocycles. The zero-order chi connectivity index (χ0) is 29.5. The number of carbonyl (C=O) groups is 1. The second-order valence-corrected chi connectivity index (χ2v) is 10.1. The van der Waals surface area contributed by atoms with Crippen LogP contribution in [0.1, 0.15) is 40.9 Å². The number of aromatic amines is 1. The van der Waals surface area contributed by atoms with E-state index < -0.39 is 5.97 Å². The largest absolute Gasteiger partial charge is 0.550 e. The summed E-state index contributed by atoms with van der Waals surface area (Å²) in [5.41, 5.74) is 6.96. The van der Waals surface area contributed by atoms with Gasteiger partial charge in [-0.25, -0.2) is 4.39 Å². The number of benzene rings is 4. The quantitative estimate of drug-likeness (QED) is 0.288. The maximum atomic E-state index is 13.3. The van der Waals surface area contributed by atoms with Gasteiger partial charge in [-0.2, -0.15) is 0 Å². The molecule has 0 bridgehead atoms. The zero-order valence-corrected chi connectivity index (χ0v) is 23.6. The van der Waals surface area contributed by atoms with E-state index >= 15 is 0 Å². The summed E-state index contributed by atoms with van der Waals surface area (Å²) in [6, 6.07) is 29.0. The molecule has 1 aliphatic heterocycles. The third kappa shape index (κ3) is 6.90. The fourth-order valence-corrected chi connectivity index (χ4v) is 5.22. The van der Waals surface area contributed by atoms with Gasteiger partial charge in [0, 0.05) is 34.4 Å². The first-order valence-electron chi connectivity index (χ1n) is 13.8. The molecule has 1 unspecified atom stereocenters. The van der Waals surface area contributed by atoms with Crippen LogP contribution >= 0.6 is 0 Å². The number of H-pyrrole nitrogens is 1. The minimum absolute atomic E-state index is 0.135. The van der Waals surface area contributed by atoms with E-state index in [1.807, 2.05) is 30.3 Å². The Kier molecular flexibility index (Phi) is 9.04. The number of methoxy groups -OCH3 is 1. The van der Waals surface area contributed by atoms with E-state index in [0.29, 0.717) is 19.0 Å². The number of nitrogens with two attached hydrogens (primary N) is 1. The van der Waals surface area contributed by atoms with Crippen molar-refractivity contribution in [2.45, 2.75) is 32.6 Å². The van der Waals surface area contributed by atoms with E-state index in [0.717, 1.165) is 48.0 Å². The second kappa shape index (κ2) is 13.2. The van der Waals surface area contributed by atoms with E-state index in [1.165, 1.54) is 34.3 Å². The Labute approximate surface area is 243 Å². The van der Waals surface area contributed by atoms with Crippen LogP contribution in [0.2, 0.25) is 0 Å². The maximum Gasteiger partial charge on any atom is 0.153 e. The molecule has 2 heterocycles. The van der Waals surface area contributed by atoms with E-state index in [1.54, 1.807) is 19.2 Å². The summed E-state index contributed by atoms with van der Waals surface area (Å²) in [5.74, 6) is 0.891. The van der Waals surface area contributed by atoms with Gasteiger partial charge in [-0.05, 0) is 78.7 Å². The van der Waals surface area contributed by atoms with Gasteiger partial charge in [0.1, 0.15) is 36.3 Å². The lowest BCUT2D eigenvalue weighted by molar-refractivity contribution is -0.690. The molecule has 0 amide bonds. The number of aliphatic carboxylic acids is 1. The number of ether oxygens (including phenoxy) is 3. The molecule has 216 valence electrons. The molecule has 1 atom stereocenters. The monoisotopic (exact) mass is 568 g/mol. The molecule has 0 saturated heterocycles. The third-order valence-electron chi connectivity index (χ3n) is 7.14. The number of hydrogen-bond acceptors (Lipinski definition) is 5. The first-order valence-corrected chi connectivity index (χ1v) is 13.8. The number of fused-ring (bicyclic) bond motifs is 3. The van der Waals surface area contributed by atoms with E-state index in [-0.39, 0.29) is 11.9 Å². The van der Waals surface area contributed by atoms with Crippen LogP contribution in [0.3, 0.4) is 0 Å². The molecule has 0 radical (unpaired) electrons. The smallest absolute Gasteiger partial charge is 0.153 e. The van der Waals surface area contributed by atoms with Gasteiger partial charge in [-0.15, -0.1) is 0 Å². The highest BCUT2D eigenvalue weighted by molar-refractivity contribution is 5.86. The van der Waals surface area contributed by atoms with Crippen molar-refractivity contribution >= 4 is 16.9 Å². The molecule has 8 heteroatoms. The third-order valence-corrected chi connectivity index (χ3v) is 7.14. The fraction of sp³-hybridized carbons (Fsp3) is 0.206. The summed E-state index contributed by atoms with van der Waals surface area (Å²) in [6.07, 6.45) is 0.991.